The summed E-state index contributed by atoms with van der Waals surface area (Å²) < 4.78 is 7.00. The predicted octanol–water partition coefficient (Wildman–Crippen LogP) is 1.65. The van der Waals surface area contributed by atoms with E-state index in [1.54, 1.807) is 29.9 Å². The molecule has 3 aromatic rings. The van der Waals surface area contributed by atoms with Crippen molar-refractivity contribution < 1.29 is 14.3 Å². The molecule has 0 radical (unpaired) electrons. The Labute approximate surface area is 203 Å². The highest BCUT2D eigenvalue weighted by atomic mass is 16.5. The number of nitrogens with zero attached hydrogens (tertiary/aromatic N) is 5. The van der Waals surface area contributed by atoms with E-state index in [0.717, 1.165) is 16.7 Å². The van der Waals surface area contributed by atoms with Crippen LogP contribution in [-0.4, -0.2) is 69.8 Å². The summed E-state index contributed by atoms with van der Waals surface area (Å²) in [5, 5.41) is 7.67. The van der Waals surface area contributed by atoms with E-state index in [1.165, 1.54) is 6.08 Å². The number of hydrogen-bond donors (Lipinski definition) is 2. The minimum absolute atomic E-state index is 0.141. The van der Waals surface area contributed by atoms with Gasteiger partial charge in [-0.15, -0.1) is 0 Å². The van der Waals surface area contributed by atoms with Crippen LogP contribution in [0.15, 0.2) is 37.1 Å². The molecule has 0 unspecified atom stereocenters. The largest absolute Gasteiger partial charge is 0.383 e. The zero-order valence-corrected chi connectivity index (χ0v) is 19.9. The maximum absolute atomic E-state index is 12.4. The van der Waals surface area contributed by atoms with Crippen LogP contribution in [0.1, 0.15) is 39.8 Å². The number of likely N-dealkylation sites (tertiary alicyclic amines) is 1. The van der Waals surface area contributed by atoms with Gasteiger partial charge >= 0.3 is 0 Å². The molecule has 0 aliphatic carbocycles. The maximum Gasteiger partial charge on any atom is 0.255 e. The van der Waals surface area contributed by atoms with Crippen molar-refractivity contribution in [3.05, 3.63) is 59.6 Å². The topological polar surface area (TPSA) is 128 Å². The number of amides is 2. The quantitative estimate of drug-likeness (QED) is 0.411. The number of benzene rings is 1. The smallest absolute Gasteiger partial charge is 0.255 e. The van der Waals surface area contributed by atoms with E-state index < -0.39 is 5.91 Å². The van der Waals surface area contributed by atoms with Crippen LogP contribution in [0.4, 0.5) is 5.82 Å². The van der Waals surface area contributed by atoms with Gasteiger partial charge < -0.3 is 20.7 Å². The Morgan fingerprint density at radius 3 is 2.83 bits per heavy atom. The molecule has 3 heterocycles. The fourth-order valence-electron chi connectivity index (χ4n) is 4.38. The van der Waals surface area contributed by atoms with E-state index in [9.17, 15) is 9.59 Å². The van der Waals surface area contributed by atoms with E-state index >= 15 is 0 Å². The average molecular weight is 474 g/mol. The highest BCUT2D eigenvalue weighted by Crippen LogP contribution is 2.32. The Morgan fingerprint density at radius 1 is 1.34 bits per heavy atom. The fourth-order valence-corrected chi connectivity index (χ4v) is 4.38. The van der Waals surface area contributed by atoms with Crippen LogP contribution < -0.4 is 11.1 Å². The van der Waals surface area contributed by atoms with Crippen LogP contribution >= 0.6 is 0 Å². The molecule has 180 valence electrons. The summed E-state index contributed by atoms with van der Waals surface area (Å²) in [7, 11) is 3.28. The van der Waals surface area contributed by atoms with Gasteiger partial charge in [-0.3, -0.25) is 14.6 Å². The zero-order chi connectivity index (χ0) is 25.1. The van der Waals surface area contributed by atoms with E-state index in [0.29, 0.717) is 31.0 Å². The normalized spacial score (nSPS) is 17.2. The molecule has 2 amide bonds. The lowest BCUT2D eigenvalue weighted by Crippen LogP contribution is -2.37. The van der Waals surface area contributed by atoms with Crippen LogP contribution in [0.2, 0.25) is 0 Å². The highest BCUT2D eigenvalue weighted by Gasteiger charge is 2.37. The molecule has 0 spiro atoms. The second-order valence-corrected chi connectivity index (χ2v) is 8.29. The molecule has 4 rings (SSSR count). The number of rotatable bonds is 6. The summed E-state index contributed by atoms with van der Waals surface area (Å²) in [4.78, 5) is 35.3. The number of ether oxygens (including phenoxy) is 1. The lowest BCUT2D eigenvalue weighted by Gasteiger charge is -2.22. The molecule has 3 N–H and O–H groups in total. The number of methoxy groups -OCH3 is 1. The first-order chi connectivity index (χ1) is 16.9. The van der Waals surface area contributed by atoms with Crippen LogP contribution in [-0.2, 0) is 9.53 Å². The molecule has 0 bridgehead atoms. The van der Waals surface area contributed by atoms with Gasteiger partial charge in [0.05, 0.1) is 35.4 Å². The molecule has 1 aliphatic rings. The maximum atomic E-state index is 12.4. The van der Waals surface area contributed by atoms with Crippen LogP contribution in [0.25, 0.3) is 11.0 Å². The number of primary amides is 1. The van der Waals surface area contributed by atoms with Gasteiger partial charge in [0.25, 0.3) is 5.91 Å². The summed E-state index contributed by atoms with van der Waals surface area (Å²) in [6.45, 7) is 6.24. The van der Waals surface area contributed by atoms with Gasteiger partial charge in [0.2, 0.25) is 5.91 Å². The fraction of sp³-hybridized carbons (Fsp3) is 0.320. The van der Waals surface area contributed by atoms with E-state index in [4.69, 9.17) is 10.5 Å². The Balaban J connectivity index is 1.73. The molecular formula is C25H27N7O3. The van der Waals surface area contributed by atoms with Crippen molar-refractivity contribution in [2.45, 2.75) is 25.4 Å². The van der Waals surface area contributed by atoms with E-state index in [-0.39, 0.29) is 29.2 Å². The number of carbonyl (C=O) groups is 2. The molecule has 10 nitrogen and oxygen atoms in total. The Kier molecular flexibility index (Phi) is 6.80. The summed E-state index contributed by atoms with van der Waals surface area (Å²) in [6, 6.07) is 5.18. The van der Waals surface area contributed by atoms with Crippen molar-refractivity contribution in [2.24, 2.45) is 5.73 Å². The molecule has 10 heteroatoms. The standard InChI is InChI=1S/C25H27N7O3/c1-5-22(33)31-13-17(11-18(31)14-35-4)32-25(27-3)23(24(26)34)20(30-32)9-7-16-6-8-19-21(10-16)29-15(2)12-28-19/h5-6,8,10,12,17-18,27H,1,11,13-14H2,2-4H3,(H2,26,34)/t17-,18+/m0/s1. The Bertz CT molecular complexity index is 1370. The lowest BCUT2D eigenvalue weighted by molar-refractivity contribution is -0.127. The molecule has 0 saturated carbocycles. The van der Waals surface area contributed by atoms with Crippen molar-refractivity contribution in [2.75, 3.05) is 32.6 Å². The summed E-state index contributed by atoms with van der Waals surface area (Å²) in [5.41, 5.74) is 9.20. The van der Waals surface area contributed by atoms with Gasteiger partial charge in [-0.25, -0.2) is 9.67 Å². The molecule has 1 aromatic carbocycles. The number of fused-ring (bicyclic) bond motifs is 1. The van der Waals surface area contributed by atoms with Gasteiger partial charge in [0.15, 0.2) is 5.69 Å². The number of hydrogen-bond acceptors (Lipinski definition) is 7. The summed E-state index contributed by atoms with van der Waals surface area (Å²) >= 11 is 0. The highest BCUT2D eigenvalue weighted by molar-refractivity contribution is 6.00. The molecule has 1 saturated heterocycles. The summed E-state index contributed by atoms with van der Waals surface area (Å²) in [6.07, 6.45) is 3.59. The zero-order valence-electron chi connectivity index (χ0n) is 19.9. The van der Waals surface area contributed by atoms with E-state index in [2.05, 4.69) is 38.8 Å². The number of carbonyl (C=O) groups excluding carboxylic acids is 2. The Morgan fingerprint density at radius 2 is 2.14 bits per heavy atom. The molecule has 35 heavy (non-hydrogen) atoms. The molecule has 1 aliphatic heterocycles. The second kappa shape index (κ2) is 9.95. The monoisotopic (exact) mass is 473 g/mol. The first kappa shape index (κ1) is 23.9. The van der Waals surface area contributed by atoms with Gasteiger partial charge in [-0.05, 0) is 43.5 Å². The second-order valence-electron chi connectivity index (χ2n) is 8.29. The predicted molar refractivity (Wildman–Crippen MR) is 132 cm³/mol. The number of aryl methyl sites for hydroxylation is 1. The van der Waals surface area contributed by atoms with E-state index in [1.807, 2.05) is 25.1 Å². The number of nitrogens with one attached hydrogen (secondary N) is 1. The van der Waals surface area contributed by atoms with Gasteiger partial charge in [0, 0.05) is 32.5 Å². The van der Waals surface area contributed by atoms with Crippen molar-refractivity contribution in [3.8, 4) is 11.8 Å². The van der Waals surface area contributed by atoms with Gasteiger partial charge in [-0.2, -0.15) is 5.10 Å². The first-order valence-corrected chi connectivity index (χ1v) is 11.1. The van der Waals surface area contributed by atoms with Crippen LogP contribution in [0.5, 0.6) is 0 Å². The number of anilines is 1. The van der Waals surface area contributed by atoms with Crippen molar-refractivity contribution in [1.29, 1.82) is 0 Å². The molecule has 1 fully saturated rings. The summed E-state index contributed by atoms with van der Waals surface area (Å²) in [5.74, 6) is 5.69. The van der Waals surface area contributed by atoms with Crippen LogP contribution in [0, 0.1) is 18.8 Å². The minimum atomic E-state index is -0.643. The molecule has 2 atom stereocenters. The molecule has 2 aromatic heterocycles. The molecular weight excluding hydrogens is 446 g/mol. The minimum Gasteiger partial charge on any atom is -0.383 e. The Hall–Kier alpha value is -4.23. The third-order valence-corrected chi connectivity index (χ3v) is 5.94. The SMILES string of the molecule is C=CC(=O)N1C[C@@H](n2nc(C#Cc3ccc4ncc(C)nc4c3)c(C(N)=O)c2NC)C[C@@H]1COC. The average Bonchev–Trinajstić information content (AvgIpc) is 3.43. The van der Waals surface area contributed by atoms with Crippen molar-refractivity contribution in [1.82, 2.24) is 24.6 Å². The third kappa shape index (κ3) is 4.72. The third-order valence-electron chi connectivity index (χ3n) is 5.94. The number of nitrogens with two attached hydrogens (primary N) is 1. The van der Waals surface area contributed by atoms with Gasteiger partial charge in [0.1, 0.15) is 11.4 Å². The lowest BCUT2D eigenvalue weighted by atomic mass is 10.1. The van der Waals surface area contributed by atoms with Crippen molar-refractivity contribution in [3.63, 3.8) is 0 Å². The number of aromatic nitrogens is 4. The van der Waals surface area contributed by atoms with Crippen molar-refractivity contribution >= 4 is 28.7 Å². The van der Waals surface area contributed by atoms with Crippen LogP contribution in [0.3, 0.4) is 0 Å². The van der Waals surface area contributed by atoms with Gasteiger partial charge in [-0.1, -0.05) is 12.5 Å². The first-order valence-electron chi connectivity index (χ1n) is 11.1.